The van der Waals surface area contributed by atoms with Crippen LogP contribution in [0.5, 0.6) is 0 Å². The highest BCUT2D eigenvalue weighted by atomic mass is 32.1. The summed E-state index contributed by atoms with van der Waals surface area (Å²) in [7, 11) is 1.36. The molecule has 0 spiro atoms. The van der Waals surface area contributed by atoms with Gasteiger partial charge < -0.3 is 20.3 Å². The van der Waals surface area contributed by atoms with Crippen molar-refractivity contribution in [3.8, 4) is 0 Å². The van der Waals surface area contributed by atoms with Gasteiger partial charge in [-0.3, -0.25) is 4.79 Å². The molecule has 1 aromatic rings. The van der Waals surface area contributed by atoms with Crippen molar-refractivity contribution in [2.24, 2.45) is 0 Å². The number of thiophene rings is 1. The van der Waals surface area contributed by atoms with E-state index >= 15 is 0 Å². The van der Waals surface area contributed by atoms with E-state index in [1.807, 2.05) is 11.8 Å². The van der Waals surface area contributed by atoms with Gasteiger partial charge in [-0.15, -0.1) is 11.3 Å². The quantitative estimate of drug-likeness (QED) is 0.463. The van der Waals surface area contributed by atoms with E-state index in [2.05, 4.69) is 10.6 Å². The number of hydrogen-bond donors (Lipinski definition) is 2. The minimum absolute atomic E-state index is 0.238. The van der Waals surface area contributed by atoms with E-state index in [-0.39, 0.29) is 11.9 Å². The van der Waals surface area contributed by atoms with Gasteiger partial charge in [-0.2, -0.15) is 0 Å². The fourth-order valence-corrected chi connectivity index (χ4v) is 3.60. The van der Waals surface area contributed by atoms with Gasteiger partial charge in [0.25, 0.3) is 0 Å². The predicted octanol–water partition coefficient (Wildman–Crippen LogP) is 2.14. The van der Waals surface area contributed by atoms with E-state index in [1.165, 1.54) is 18.4 Å². The molecule has 0 aromatic carbocycles. The second kappa shape index (κ2) is 8.26. The largest absolute Gasteiger partial charge is 0.465 e. The number of methoxy groups -OCH3 is 1. The number of nitrogens with one attached hydrogen (secondary N) is 2. The first-order chi connectivity index (χ1) is 11.0. The van der Waals surface area contributed by atoms with Crippen LogP contribution < -0.4 is 10.6 Å². The van der Waals surface area contributed by atoms with Crippen LogP contribution in [0.2, 0.25) is 0 Å². The third kappa shape index (κ3) is 4.90. The number of esters is 1. The fourth-order valence-electron chi connectivity index (χ4n) is 2.43. The maximum Gasteiger partial charge on any atom is 0.340 e. The normalized spacial score (nSPS) is 14.0. The molecule has 0 saturated carbocycles. The smallest absolute Gasteiger partial charge is 0.340 e. The molecule has 0 radical (unpaired) electrons. The second-order valence-electron chi connectivity index (χ2n) is 5.31. The van der Waals surface area contributed by atoms with Crippen molar-refractivity contribution in [2.45, 2.75) is 26.2 Å². The number of carbonyl (C=O) groups excluding carboxylic acids is 2. The fraction of sp³-hybridized carbons (Fsp3) is 0.533. The van der Waals surface area contributed by atoms with Crippen molar-refractivity contribution in [3.05, 3.63) is 16.5 Å². The molecule has 6 nitrogen and oxygen atoms in total. The zero-order valence-corrected chi connectivity index (χ0v) is 14.9. The Morgan fingerprint density at radius 3 is 2.96 bits per heavy atom. The van der Waals surface area contributed by atoms with E-state index in [0.717, 1.165) is 30.8 Å². The Kier molecular flexibility index (Phi) is 6.35. The van der Waals surface area contributed by atoms with Crippen molar-refractivity contribution in [1.29, 1.82) is 0 Å². The minimum atomic E-state index is -0.382. The molecule has 1 amide bonds. The number of likely N-dealkylation sites (tertiary alicyclic amines) is 1. The van der Waals surface area contributed by atoms with Crippen LogP contribution in [0.3, 0.4) is 0 Å². The number of rotatable bonds is 6. The van der Waals surface area contributed by atoms with Gasteiger partial charge in [0.1, 0.15) is 5.00 Å². The molecule has 1 aromatic heterocycles. The highest BCUT2D eigenvalue weighted by Gasteiger charge is 2.19. The van der Waals surface area contributed by atoms with Crippen LogP contribution in [0.4, 0.5) is 5.00 Å². The lowest BCUT2D eigenvalue weighted by molar-refractivity contribution is -0.127. The van der Waals surface area contributed by atoms with Crippen LogP contribution in [0.15, 0.2) is 6.07 Å². The lowest BCUT2D eigenvalue weighted by Crippen LogP contribution is -2.32. The van der Waals surface area contributed by atoms with Crippen LogP contribution in [0.25, 0.3) is 0 Å². The molecule has 23 heavy (non-hydrogen) atoms. The average Bonchev–Trinajstić information content (AvgIpc) is 3.09. The molecule has 1 aliphatic rings. The molecule has 8 heteroatoms. The summed E-state index contributed by atoms with van der Waals surface area (Å²) in [6.45, 7) is 4.21. The molecule has 1 fully saturated rings. The maximum atomic E-state index is 11.7. The van der Waals surface area contributed by atoms with Gasteiger partial charge in [-0.05, 0) is 38.0 Å². The SMILES string of the molecule is COC(=O)c1cc(C)sc1NC(=S)NCCCN1CCCC1=O. The summed E-state index contributed by atoms with van der Waals surface area (Å²) in [5.41, 5.74) is 0.488. The number of carbonyl (C=O) groups is 2. The van der Waals surface area contributed by atoms with Gasteiger partial charge in [-0.25, -0.2) is 4.79 Å². The molecular weight excluding hydrogens is 334 g/mol. The van der Waals surface area contributed by atoms with Gasteiger partial charge in [0.2, 0.25) is 5.91 Å². The zero-order chi connectivity index (χ0) is 16.8. The Balaban J connectivity index is 1.76. The summed E-state index contributed by atoms with van der Waals surface area (Å²) >= 11 is 6.70. The predicted molar refractivity (Wildman–Crippen MR) is 95.0 cm³/mol. The molecule has 2 rings (SSSR count). The highest BCUT2D eigenvalue weighted by Crippen LogP contribution is 2.28. The first kappa shape index (κ1) is 17.7. The molecule has 0 bridgehead atoms. The number of nitrogens with zero attached hydrogens (tertiary/aromatic N) is 1. The Hall–Kier alpha value is -1.67. The van der Waals surface area contributed by atoms with E-state index in [0.29, 0.717) is 28.6 Å². The number of hydrogen-bond acceptors (Lipinski definition) is 5. The Labute approximate surface area is 145 Å². The van der Waals surface area contributed by atoms with Gasteiger partial charge in [-0.1, -0.05) is 0 Å². The lowest BCUT2D eigenvalue weighted by Gasteiger charge is -2.16. The third-order valence-electron chi connectivity index (χ3n) is 3.55. The van der Waals surface area contributed by atoms with Gasteiger partial charge >= 0.3 is 5.97 Å². The molecule has 2 heterocycles. The Morgan fingerprint density at radius 2 is 2.30 bits per heavy atom. The first-order valence-corrected chi connectivity index (χ1v) is 8.75. The second-order valence-corrected chi connectivity index (χ2v) is 6.97. The van der Waals surface area contributed by atoms with E-state index < -0.39 is 0 Å². The molecule has 0 aliphatic carbocycles. The Morgan fingerprint density at radius 1 is 1.52 bits per heavy atom. The molecular formula is C15H21N3O3S2. The lowest BCUT2D eigenvalue weighted by atomic mass is 10.3. The van der Waals surface area contributed by atoms with Crippen molar-refractivity contribution < 1.29 is 14.3 Å². The molecule has 1 aliphatic heterocycles. The third-order valence-corrected chi connectivity index (χ3v) is 4.76. The van der Waals surface area contributed by atoms with Crippen molar-refractivity contribution >= 4 is 45.5 Å². The molecule has 2 N–H and O–H groups in total. The van der Waals surface area contributed by atoms with E-state index in [1.54, 1.807) is 6.07 Å². The zero-order valence-electron chi connectivity index (χ0n) is 13.3. The van der Waals surface area contributed by atoms with E-state index in [9.17, 15) is 9.59 Å². The van der Waals surface area contributed by atoms with Crippen LogP contribution in [-0.4, -0.2) is 48.6 Å². The number of thiocarbonyl (C=S) groups is 1. The average molecular weight is 355 g/mol. The number of anilines is 1. The minimum Gasteiger partial charge on any atom is -0.465 e. The number of amides is 1. The van der Waals surface area contributed by atoms with Crippen LogP contribution >= 0.6 is 23.6 Å². The first-order valence-electron chi connectivity index (χ1n) is 7.52. The Bertz CT molecular complexity index is 601. The summed E-state index contributed by atoms with van der Waals surface area (Å²) in [6.07, 6.45) is 2.46. The van der Waals surface area contributed by atoms with Gasteiger partial charge in [0.05, 0.1) is 12.7 Å². The monoisotopic (exact) mass is 355 g/mol. The summed E-state index contributed by atoms with van der Waals surface area (Å²) in [4.78, 5) is 26.1. The standard InChI is InChI=1S/C15H21N3O3S2/c1-10-9-11(14(20)21-2)13(23-10)17-15(22)16-6-4-8-18-7-3-5-12(18)19/h9H,3-8H2,1-2H3,(H2,16,17,22). The van der Waals surface area contributed by atoms with E-state index in [4.69, 9.17) is 17.0 Å². The van der Waals surface area contributed by atoms with Crippen molar-refractivity contribution in [2.75, 3.05) is 32.1 Å². The van der Waals surface area contributed by atoms with Crippen LogP contribution in [0, 0.1) is 6.92 Å². The van der Waals surface area contributed by atoms with Crippen molar-refractivity contribution in [1.82, 2.24) is 10.2 Å². The molecule has 0 unspecified atom stereocenters. The van der Waals surface area contributed by atoms with Crippen LogP contribution in [-0.2, 0) is 9.53 Å². The van der Waals surface area contributed by atoms with Crippen LogP contribution in [0.1, 0.15) is 34.5 Å². The molecule has 0 atom stereocenters. The maximum absolute atomic E-state index is 11.7. The molecule has 1 saturated heterocycles. The van der Waals surface area contributed by atoms with Crippen molar-refractivity contribution in [3.63, 3.8) is 0 Å². The number of aryl methyl sites for hydroxylation is 1. The summed E-state index contributed by atoms with van der Waals surface area (Å²) in [5, 5.41) is 7.29. The topological polar surface area (TPSA) is 70.7 Å². The van der Waals surface area contributed by atoms with Gasteiger partial charge in [0, 0.05) is 30.9 Å². The molecule has 126 valence electrons. The summed E-state index contributed by atoms with van der Waals surface area (Å²) in [6, 6.07) is 1.78. The van der Waals surface area contributed by atoms with Gasteiger partial charge in [0.15, 0.2) is 5.11 Å². The highest BCUT2D eigenvalue weighted by molar-refractivity contribution is 7.80. The summed E-state index contributed by atoms with van der Waals surface area (Å²) in [5.74, 6) is -0.144. The summed E-state index contributed by atoms with van der Waals surface area (Å²) < 4.78 is 4.76. The number of ether oxygens (including phenoxy) is 1.